The van der Waals surface area contributed by atoms with Gasteiger partial charge in [-0.25, -0.2) is 4.79 Å². The highest BCUT2D eigenvalue weighted by atomic mass is 16.6. The number of hydrogen-bond acceptors (Lipinski definition) is 4. The number of likely N-dealkylation sites (N-methyl/N-ethyl adjacent to an activating group) is 1. The molecule has 0 aliphatic rings. The molecule has 0 bridgehead atoms. The Morgan fingerprint density at radius 2 is 1.41 bits per heavy atom. The predicted molar refractivity (Wildman–Crippen MR) is 109 cm³/mol. The maximum Gasteiger partial charge on any atom is 0.347 e. The second kappa shape index (κ2) is 10.2. The van der Waals surface area contributed by atoms with Gasteiger partial charge in [-0.2, -0.15) is 0 Å². The number of benzene rings is 2. The van der Waals surface area contributed by atoms with E-state index in [1.807, 2.05) is 74.5 Å². The van der Waals surface area contributed by atoms with Crippen LogP contribution in [0.1, 0.15) is 38.8 Å². The summed E-state index contributed by atoms with van der Waals surface area (Å²) >= 11 is 0. The first-order valence-corrected chi connectivity index (χ1v) is 9.73. The molecule has 0 radical (unpaired) electrons. The molecule has 0 spiro atoms. The number of carbonyl (C=O) groups excluding carboxylic acids is 1. The van der Waals surface area contributed by atoms with Crippen molar-refractivity contribution in [1.29, 1.82) is 0 Å². The molecule has 0 aromatic heterocycles. The van der Waals surface area contributed by atoms with Crippen LogP contribution in [0.15, 0.2) is 60.7 Å². The molecule has 0 saturated carbocycles. The molecule has 0 atom stereocenters. The molecule has 0 unspecified atom stereocenters. The van der Waals surface area contributed by atoms with Crippen LogP contribution >= 0.6 is 0 Å². The van der Waals surface area contributed by atoms with Crippen LogP contribution in [-0.4, -0.2) is 43.2 Å². The number of nitrogens with zero attached hydrogens (tertiary/aromatic N) is 1. The average molecular weight is 370 g/mol. The molecule has 27 heavy (non-hydrogen) atoms. The van der Waals surface area contributed by atoms with Gasteiger partial charge in [0.15, 0.2) is 0 Å². The predicted octanol–water partition coefficient (Wildman–Crippen LogP) is 4.24. The summed E-state index contributed by atoms with van der Waals surface area (Å²) in [6, 6.07) is 19.2. The van der Waals surface area contributed by atoms with E-state index in [-0.39, 0.29) is 12.1 Å². The zero-order valence-corrected chi connectivity index (χ0v) is 16.9. The highest BCUT2D eigenvalue weighted by molar-refractivity contribution is 5.86. The van der Waals surface area contributed by atoms with E-state index in [0.717, 1.165) is 24.2 Å². The minimum atomic E-state index is -1.28. The molecule has 0 aliphatic carbocycles. The van der Waals surface area contributed by atoms with Crippen LogP contribution < -0.4 is 0 Å². The Balaban J connectivity index is 2.40. The van der Waals surface area contributed by atoms with E-state index in [2.05, 4.69) is 18.7 Å². The lowest BCUT2D eigenvalue weighted by atomic mass is 9.85. The van der Waals surface area contributed by atoms with Crippen molar-refractivity contribution < 1.29 is 14.3 Å². The van der Waals surface area contributed by atoms with Crippen LogP contribution in [0.5, 0.6) is 0 Å². The highest BCUT2D eigenvalue weighted by Crippen LogP contribution is 2.36. The third-order valence-electron chi connectivity index (χ3n) is 4.60. The van der Waals surface area contributed by atoms with E-state index in [1.54, 1.807) is 0 Å². The van der Waals surface area contributed by atoms with E-state index >= 15 is 0 Å². The molecular formula is C23H31NO3. The van der Waals surface area contributed by atoms with Crippen molar-refractivity contribution >= 4 is 5.97 Å². The summed E-state index contributed by atoms with van der Waals surface area (Å²) in [5, 5.41) is 0. The van der Waals surface area contributed by atoms with Crippen LogP contribution in [0, 0.1) is 0 Å². The van der Waals surface area contributed by atoms with Gasteiger partial charge in [0.2, 0.25) is 5.60 Å². The summed E-state index contributed by atoms with van der Waals surface area (Å²) in [4.78, 5) is 15.6. The number of esters is 1. The third-order valence-corrected chi connectivity index (χ3v) is 4.60. The van der Waals surface area contributed by atoms with Gasteiger partial charge in [0, 0.05) is 6.54 Å². The molecule has 4 heteroatoms. The van der Waals surface area contributed by atoms with Crippen LogP contribution in [0.2, 0.25) is 0 Å². The Morgan fingerprint density at radius 3 is 1.81 bits per heavy atom. The lowest BCUT2D eigenvalue weighted by Gasteiger charge is -2.34. The summed E-state index contributed by atoms with van der Waals surface area (Å²) in [5.74, 6) is -0.374. The van der Waals surface area contributed by atoms with E-state index in [0.29, 0.717) is 13.2 Å². The van der Waals surface area contributed by atoms with Crippen molar-refractivity contribution in [1.82, 2.24) is 4.90 Å². The number of carbonyl (C=O) groups is 1. The zero-order valence-electron chi connectivity index (χ0n) is 16.9. The normalized spacial score (nSPS) is 11.8. The van der Waals surface area contributed by atoms with Gasteiger partial charge >= 0.3 is 5.97 Å². The van der Waals surface area contributed by atoms with Crippen molar-refractivity contribution in [3.05, 3.63) is 71.8 Å². The Labute approximate surface area is 163 Å². The van der Waals surface area contributed by atoms with Gasteiger partial charge in [-0.15, -0.1) is 0 Å². The minimum Gasteiger partial charge on any atom is -0.462 e. The Bertz CT molecular complexity index is 642. The topological polar surface area (TPSA) is 38.8 Å². The zero-order chi connectivity index (χ0) is 19.7. The summed E-state index contributed by atoms with van der Waals surface area (Å²) in [7, 11) is 0. The van der Waals surface area contributed by atoms with Gasteiger partial charge in [-0.05, 0) is 38.1 Å². The van der Waals surface area contributed by atoms with Crippen molar-refractivity contribution in [2.45, 2.75) is 39.4 Å². The quantitative estimate of drug-likeness (QED) is 0.587. The Hall–Kier alpha value is -2.17. The molecule has 146 valence electrons. The minimum absolute atomic E-state index is 0.152. The largest absolute Gasteiger partial charge is 0.462 e. The van der Waals surface area contributed by atoms with Crippen LogP contribution in [0.4, 0.5) is 0 Å². The number of rotatable bonds is 10. The van der Waals surface area contributed by atoms with E-state index in [9.17, 15) is 4.79 Å². The number of ether oxygens (including phenoxy) is 2. The second-order valence-corrected chi connectivity index (χ2v) is 6.74. The highest BCUT2D eigenvalue weighted by Gasteiger charge is 2.45. The van der Waals surface area contributed by atoms with E-state index in [1.165, 1.54) is 0 Å². The molecule has 0 N–H and O–H groups in total. The van der Waals surface area contributed by atoms with Gasteiger partial charge in [0.1, 0.15) is 6.61 Å². The lowest BCUT2D eigenvalue weighted by Crippen LogP contribution is -2.44. The van der Waals surface area contributed by atoms with Crippen LogP contribution in [0.3, 0.4) is 0 Å². The summed E-state index contributed by atoms with van der Waals surface area (Å²) in [6.45, 7) is 11.0. The lowest BCUT2D eigenvalue weighted by molar-refractivity contribution is -0.174. The Morgan fingerprint density at radius 1 is 0.926 bits per heavy atom. The molecule has 2 aromatic carbocycles. The molecule has 2 rings (SSSR count). The molecule has 4 nitrogen and oxygen atoms in total. The molecular weight excluding hydrogens is 338 g/mol. The molecule has 0 amide bonds. The number of hydrogen-bond donors (Lipinski definition) is 0. The maximum absolute atomic E-state index is 13.4. The van der Waals surface area contributed by atoms with Crippen molar-refractivity contribution in [2.75, 3.05) is 26.2 Å². The average Bonchev–Trinajstić information content (AvgIpc) is 2.70. The summed E-state index contributed by atoms with van der Waals surface area (Å²) in [5.41, 5.74) is 0.274. The van der Waals surface area contributed by atoms with Gasteiger partial charge in [0.05, 0.1) is 6.10 Å². The van der Waals surface area contributed by atoms with Gasteiger partial charge < -0.3 is 14.4 Å². The standard InChI is InChI=1S/C23H31NO3/c1-5-24(6-2)17-18-26-22(25)23(27-19(3)4,20-13-9-7-10-14-20)21-15-11-8-12-16-21/h7-16,19H,5-6,17-18H2,1-4H3. The van der Waals surface area contributed by atoms with Crippen LogP contribution in [0.25, 0.3) is 0 Å². The Kier molecular flexibility index (Phi) is 8.01. The van der Waals surface area contributed by atoms with Gasteiger partial charge in [0.25, 0.3) is 0 Å². The fourth-order valence-electron chi connectivity index (χ4n) is 3.19. The fourth-order valence-corrected chi connectivity index (χ4v) is 3.19. The first kappa shape index (κ1) is 21.1. The second-order valence-electron chi connectivity index (χ2n) is 6.74. The van der Waals surface area contributed by atoms with Crippen molar-refractivity contribution in [3.63, 3.8) is 0 Å². The van der Waals surface area contributed by atoms with Crippen molar-refractivity contribution in [3.8, 4) is 0 Å². The first-order chi connectivity index (χ1) is 13.0. The van der Waals surface area contributed by atoms with Crippen molar-refractivity contribution in [2.24, 2.45) is 0 Å². The SMILES string of the molecule is CCN(CC)CCOC(=O)C(OC(C)C)(c1ccccc1)c1ccccc1. The van der Waals surface area contributed by atoms with Gasteiger partial charge in [-0.3, -0.25) is 0 Å². The molecule has 0 fully saturated rings. The molecule has 0 heterocycles. The van der Waals surface area contributed by atoms with Gasteiger partial charge in [-0.1, -0.05) is 74.5 Å². The monoisotopic (exact) mass is 369 g/mol. The fraction of sp³-hybridized carbons (Fsp3) is 0.435. The van der Waals surface area contributed by atoms with Crippen LogP contribution in [-0.2, 0) is 19.9 Å². The molecule has 2 aromatic rings. The molecule has 0 aliphatic heterocycles. The molecule has 0 saturated heterocycles. The van der Waals surface area contributed by atoms with E-state index in [4.69, 9.17) is 9.47 Å². The third kappa shape index (κ3) is 5.18. The summed E-state index contributed by atoms with van der Waals surface area (Å²) in [6.07, 6.45) is -0.152. The maximum atomic E-state index is 13.4. The summed E-state index contributed by atoms with van der Waals surface area (Å²) < 4.78 is 12.0. The smallest absolute Gasteiger partial charge is 0.347 e. The van der Waals surface area contributed by atoms with E-state index < -0.39 is 5.60 Å². The first-order valence-electron chi connectivity index (χ1n) is 9.73.